The Bertz CT molecular complexity index is 393. The molecule has 0 unspecified atom stereocenters. The topological polar surface area (TPSA) is 70.0 Å². The lowest BCUT2D eigenvalue weighted by Gasteiger charge is -1.99. The smallest absolute Gasteiger partial charge is 0.207 e. The van der Waals surface area contributed by atoms with Crippen LogP contribution in [0.15, 0.2) is 24.3 Å². The highest BCUT2D eigenvalue weighted by Gasteiger charge is 2.04. The number of benzene rings is 1. The first-order valence-electron chi connectivity index (χ1n) is 3.98. The SMILES string of the molecule is N#Cc1cccc(C(=O)CNC=O)c1. The third-order valence-electron chi connectivity index (χ3n) is 1.66. The van der Waals surface area contributed by atoms with E-state index in [1.165, 1.54) is 6.07 Å². The zero-order valence-corrected chi connectivity index (χ0v) is 7.36. The third kappa shape index (κ3) is 2.42. The summed E-state index contributed by atoms with van der Waals surface area (Å²) < 4.78 is 0. The van der Waals surface area contributed by atoms with E-state index in [1.54, 1.807) is 18.2 Å². The maximum atomic E-state index is 11.3. The summed E-state index contributed by atoms with van der Waals surface area (Å²) in [6.07, 6.45) is 0.464. The molecule has 1 amide bonds. The molecule has 0 radical (unpaired) electrons. The molecule has 0 aliphatic heterocycles. The summed E-state index contributed by atoms with van der Waals surface area (Å²) in [6, 6.07) is 8.28. The number of hydrogen-bond acceptors (Lipinski definition) is 3. The van der Waals surface area contributed by atoms with Crippen LogP contribution in [0.2, 0.25) is 0 Å². The van der Waals surface area contributed by atoms with E-state index in [4.69, 9.17) is 5.26 Å². The van der Waals surface area contributed by atoms with Gasteiger partial charge in [0.2, 0.25) is 6.41 Å². The number of nitrogens with zero attached hydrogens (tertiary/aromatic N) is 1. The minimum absolute atomic E-state index is 0.0433. The average Bonchev–Trinajstić information content (AvgIpc) is 2.26. The number of nitrogens with one attached hydrogen (secondary N) is 1. The molecule has 4 heteroatoms. The van der Waals surface area contributed by atoms with Crippen molar-refractivity contribution in [2.75, 3.05) is 6.54 Å². The van der Waals surface area contributed by atoms with Crippen molar-refractivity contribution >= 4 is 12.2 Å². The van der Waals surface area contributed by atoms with Crippen LogP contribution in [0.25, 0.3) is 0 Å². The van der Waals surface area contributed by atoms with Gasteiger partial charge in [0.25, 0.3) is 0 Å². The number of hydrogen-bond donors (Lipinski definition) is 1. The van der Waals surface area contributed by atoms with E-state index in [1.807, 2.05) is 6.07 Å². The largest absolute Gasteiger partial charge is 0.351 e. The Morgan fingerprint density at radius 2 is 2.36 bits per heavy atom. The quantitative estimate of drug-likeness (QED) is 0.552. The van der Waals surface area contributed by atoms with E-state index in [2.05, 4.69) is 5.32 Å². The van der Waals surface area contributed by atoms with Gasteiger partial charge in [-0.15, -0.1) is 0 Å². The number of amides is 1. The maximum absolute atomic E-state index is 11.3. The van der Waals surface area contributed by atoms with Crippen LogP contribution in [0.1, 0.15) is 15.9 Å². The van der Waals surface area contributed by atoms with Crippen LogP contribution in [-0.4, -0.2) is 18.7 Å². The molecule has 0 saturated carbocycles. The second-order valence-corrected chi connectivity index (χ2v) is 2.61. The Labute approximate surface area is 81.2 Å². The van der Waals surface area contributed by atoms with Crippen molar-refractivity contribution in [1.29, 1.82) is 5.26 Å². The van der Waals surface area contributed by atoms with Gasteiger partial charge >= 0.3 is 0 Å². The zero-order valence-electron chi connectivity index (χ0n) is 7.36. The van der Waals surface area contributed by atoms with E-state index in [0.717, 1.165) is 0 Å². The molecule has 0 spiro atoms. The number of carbonyl (C=O) groups excluding carboxylic acids is 2. The molecular weight excluding hydrogens is 180 g/mol. The molecule has 4 nitrogen and oxygen atoms in total. The zero-order chi connectivity index (χ0) is 10.4. The van der Waals surface area contributed by atoms with Gasteiger partial charge in [-0.25, -0.2) is 0 Å². The maximum Gasteiger partial charge on any atom is 0.207 e. The molecule has 0 heterocycles. The van der Waals surface area contributed by atoms with Crippen LogP contribution in [-0.2, 0) is 4.79 Å². The summed E-state index contributed by atoms with van der Waals surface area (Å²) in [5.41, 5.74) is 0.861. The summed E-state index contributed by atoms with van der Waals surface area (Å²) in [7, 11) is 0. The van der Waals surface area contributed by atoms with Crippen molar-refractivity contribution < 1.29 is 9.59 Å². The normalized spacial score (nSPS) is 8.79. The highest BCUT2D eigenvalue weighted by molar-refractivity contribution is 5.98. The molecule has 1 aromatic carbocycles. The van der Waals surface area contributed by atoms with Crippen molar-refractivity contribution in [3.05, 3.63) is 35.4 Å². The molecule has 0 saturated heterocycles. The van der Waals surface area contributed by atoms with Gasteiger partial charge < -0.3 is 5.32 Å². The Morgan fingerprint density at radius 1 is 1.57 bits per heavy atom. The van der Waals surface area contributed by atoms with Gasteiger partial charge in [0.05, 0.1) is 18.2 Å². The van der Waals surface area contributed by atoms with Crippen molar-refractivity contribution in [1.82, 2.24) is 5.32 Å². The van der Waals surface area contributed by atoms with Crippen LogP contribution in [0.4, 0.5) is 0 Å². The summed E-state index contributed by atoms with van der Waals surface area (Å²) in [5, 5.41) is 10.9. The molecule has 0 fully saturated rings. The predicted octanol–water partition coefficient (Wildman–Crippen LogP) is 0.487. The van der Waals surface area contributed by atoms with Crippen molar-refractivity contribution in [3.8, 4) is 6.07 Å². The van der Waals surface area contributed by atoms with Gasteiger partial charge in [-0.1, -0.05) is 12.1 Å². The van der Waals surface area contributed by atoms with Gasteiger partial charge in [0.1, 0.15) is 0 Å². The highest BCUT2D eigenvalue weighted by Crippen LogP contribution is 2.04. The van der Waals surface area contributed by atoms with Crippen LogP contribution < -0.4 is 5.32 Å². The van der Waals surface area contributed by atoms with Gasteiger partial charge in [-0.2, -0.15) is 5.26 Å². The molecule has 0 aliphatic carbocycles. The number of nitriles is 1. The fourth-order valence-corrected chi connectivity index (χ4v) is 0.999. The number of carbonyl (C=O) groups is 2. The van der Waals surface area contributed by atoms with E-state index >= 15 is 0 Å². The van der Waals surface area contributed by atoms with Crippen molar-refractivity contribution in [2.45, 2.75) is 0 Å². The second kappa shape index (κ2) is 4.77. The Hall–Kier alpha value is -2.15. The summed E-state index contributed by atoms with van der Waals surface area (Å²) in [6.45, 7) is -0.0433. The fraction of sp³-hybridized carbons (Fsp3) is 0.100. The molecular formula is C10H8N2O2. The summed E-state index contributed by atoms with van der Waals surface area (Å²) in [4.78, 5) is 21.3. The minimum atomic E-state index is -0.214. The van der Waals surface area contributed by atoms with E-state index in [-0.39, 0.29) is 12.3 Å². The average molecular weight is 188 g/mol. The lowest BCUT2D eigenvalue weighted by atomic mass is 10.1. The van der Waals surface area contributed by atoms with Crippen molar-refractivity contribution in [2.24, 2.45) is 0 Å². The first kappa shape index (κ1) is 9.93. The molecule has 0 bridgehead atoms. The third-order valence-corrected chi connectivity index (χ3v) is 1.66. The highest BCUT2D eigenvalue weighted by atomic mass is 16.1. The minimum Gasteiger partial charge on any atom is -0.351 e. The Morgan fingerprint density at radius 3 is 3.00 bits per heavy atom. The Kier molecular flexibility index (Phi) is 3.39. The fourth-order valence-electron chi connectivity index (χ4n) is 0.999. The first-order valence-corrected chi connectivity index (χ1v) is 3.98. The van der Waals surface area contributed by atoms with E-state index < -0.39 is 0 Å². The van der Waals surface area contributed by atoms with Crippen LogP contribution in [0.3, 0.4) is 0 Å². The van der Waals surface area contributed by atoms with E-state index in [9.17, 15) is 9.59 Å². The molecule has 1 N–H and O–H groups in total. The standard InChI is InChI=1S/C10H8N2O2/c11-5-8-2-1-3-9(4-8)10(14)6-12-7-13/h1-4,7H,6H2,(H,12,13). The molecule has 70 valence electrons. The molecule has 1 aromatic rings. The van der Waals surface area contributed by atoms with Gasteiger partial charge in [-0.05, 0) is 12.1 Å². The number of ketones is 1. The van der Waals surface area contributed by atoms with E-state index in [0.29, 0.717) is 17.5 Å². The van der Waals surface area contributed by atoms with Crippen LogP contribution in [0.5, 0.6) is 0 Å². The summed E-state index contributed by atoms with van der Waals surface area (Å²) in [5.74, 6) is -0.214. The second-order valence-electron chi connectivity index (χ2n) is 2.61. The monoisotopic (exact) mass is 188 g/mol. The molecule has 0 aromatic heterocycles. The predicted molar refractivity (Wildman–Crippen MR) is 49.6 cm³/mol. The Balaban J connectivity index is 2.80. The molecule has 0 aliphatic rings. The number of Topliss-reactive ketones (excluding diaryl/α,β-unsaturated/α-hetero) is 1. The lowest BCUT2D eigenvalue weighted by Crippen LogP contribution is -2.21. The van der Waals surface area contributed by atoms with Gasteiger partial charge in [0, 0.05) is 5.56 Å². The molecule has 14 heavy (non-hydrogen) atoms. The molecule has 1 rings (SSSR count). The first-order chi connectivity index (χ1) is 6.77. The van der Waals surface area contributed by atoms with Gasteiger partial charge in [0.15, 0.2) is 5.78 Å². The molecule has 0 atom stereocenters. The van der Waals surface area contributed by atoms with Crippen LogP contribution in [0, 0.1) is 11.3 Å². The van der Waals surface area contributed by atoms with Gasteiger partial charge in [-0.3, -0.25) is 9.59 Å². The van der Waals surface area contributed by atoms with Crippen LogP contribution >= 0.6 is 0 Å². The van der Waals surface area contributed by atoms with Crippen molar-refractivity contribution in [3.63, 3.8) is 0 Å². The number of rotatable bonds is 4. The summed E-state index contributed by atoms with van der Waals surface area (Å²) >= 11 is 0. The lowest BCUT2D eigenvalue weighted by molar-refractivity contribution is -0.109.